The molecule has 5 heteroatoms. The molecule has 2 saturated heterocycles. The Morgan fingerprint density at radius 1 is 1.17 bits per heavy atom. The van der Waals surface area contributed by atoms with E-state index in [4.69, 9.17) is 0 Å². The summed E-state index contributed by atoms with van der Waals surface area (Å²) in [6, 6.07) is 8.92. The third-order valence-electron chi connectivity index (χ3n) is 5.28. The molecule has 3 amide bonds. The lowest BCUT2D eigenvalue weighted by Gasteiger charge is -2.44. The van der Waals surface area contributed by atoms with Crippen LogP contribution >= 0.6 is 0 Å². The van der Waals surface area contributed by atoms with Crippen LogP contribution in [0, 0.1) is 5.92 Å². The fourth-order valence-corrected chi connectivity index (χ4v) is 4.09. The van der Waals surface area contributed by atoms with Gasteiger partial charge in [-0.15, -0.1) is 0 Å². The Balaban J connectivity index is 0.000000815. The number of fused-ring (bicyclic) bond motifs is 3. The number of nitrogens with one attached hydrogen (secondary N) is 1. The normalized spacial score (nSPS) is 26.2. The van der Waals surface area contributed by atoms with Gasteiger partial charge in [0.1, 0.15) is 0 Å². The highest BCUT2D eigenvalue weighted by Crippen LogP contribution is 2.39. The van der Waals surface area contributed by atoms with Crippen LogP contribution in [0.25, 0.3) is 0 Å². The van der Waals surface area contributed by atoms with Gasteiger partial charge in [0.15, 0.2) is 0 Å². The van der Waals surface area contributed by atoms with Crippen LogP contribution in [0.2, 0.25) is 0 Å². The van der Waals surface area contributed by atoms with Crippen molar-refractivity contribution >= 4 is 11.9 Å². The molecule has 1 aromatic carbocycles. The Bertz CT molecular complexity index is 600. The summed E-state index contributed by atoms with van der Waals surface area (Å²) in [6.45, 7) is 6.91. The Morgan fingerprint density at radius 2 is 1.96 bits per heavy atom. The van der Waals surface area contributed by atoms with Gasteiger partial charge in [-0.1, -0.05) is 38.1 Å². The molecule has 4 rings (SSSR count). The van der Waals surface area contributed by atoms with E-state index in [0.717, 1.165) is 32.4 Å². The molecule has 0 saturated carbocycles. The lowest BCUT2D eigenvalue weighted by molar-refractivity contribution is -0.125. The minimum absolute atomic E-state index is 0.0866. The van der Waals surface area contributed by atoms with Crippen molar-refractivity contribution in [1.29, 1.82) is 0 Å². The van der Waals surface area contributed by atoms with Crippen LogP contribution in [-0.4, -0.2) is 47.9 Å². The maximum atomic E-state index is 11.8. The monoisotopic (exact) mass is 329 g/mol. The van der Waals surface area contributed by atoms with Gasteiger partial charge in [0.2, 0.25) is 5.91 Å². The van der Waals surface area contributed by atoms with E-state index in [-0.39, 0.29) is 18.5 Å². The summed E-state index contributed by atoms with van der Waals surface area (Å²) in [5, 5.41) is 2.61. The molecular formula is C19H27N3O2. The number of hydrogen-bond donors (Lipinski definition) is 1. The largest absolute Gasteiger partial charge is 0.329 e. The SMILES string of the molecule is CC.O=C1CNC(=O)N1C[C@@H]1CCN2CCc3ccccc3C2C1. The molecule has 1 aromatic rings. The maximum Gasteiger partial charge on any atom is 0.324 e. The van der Waals surface area contributed by atoms with Gasteiger partial charge in [-0.25, -0.2) is 4.79 Å². The van der Waals surface area contributed by atoms with Crippen molar-refractivity contribution < 1.29 is 9.59 Å². The molecular weight excluding hydrogens is 302 g/mol. The van der Waals surface area contributed by atoms with Gasteiger partial charge in [-0.05, 0) is 42.9 Å². The van der Waals surface area contributed by atoms with E-state index in [1.165, 1.54) is 16.0 Å². The summed E-state index contributed by atoms with van der Waals surface area (Å²) in [5.74, 6) is 0.316. The molecule has 0 aromatic heterocycles. The first-order valence-electron chi connectivity index (χ1n) is 9.12. The van der Waals surface area contributed by atoms with Crippen LogP contribution in [-0.2, 0) is 11.2 Å². The number of rotatable bonds is 2. The minimum atomic E-state index is -0.225. The molecule has 0 spiro atoms. The van der Waals surface area contributed by atoms with Gasteiger partial charge in [0.05, 0.1) is 6.54 Å². The zero-order valence-electron chi connectivity index (χ0n) is 14.6. The Labute approximate surface area is 144 Å². The van der Waals surface area contributed by atoms with Crippen molar-refractivity contribution in [3.63, 3.8) is 0 Å². The second kappa shape index (κ2) is 7.34. The second-order valence-corrected chi connectivity index (χ2v) is 6.55. The summed E-state index contributed by atoms with van der Waals surface area (Å²) >= 11 is 0. The van der Waals surface area contributed by atoms with Crippen LogP contribution in [0.15, 0.2) is 24.3 Å². The van der Waals surface area contributed by atoms with E-state index in [1.807, 2.05) is 13.8 Å². The first-order chi connectivity index (χ1) is 11.7. The second-order valence-electron chi connectivity index (χ2n) is 6.55. The van der Waals surface area contributed by atoms with Crippen molar-refractivity contribution in [2.45, 2.75) is 39.2 Å². The van der Waals surface area contributed by atoms with Crippen molar-refractivity contribution in [3.8, 4) is 0 Å². The van der Waals surface area contributed by atoms with Crippen LogP contribution < -0.4 is 5.32 Å². The van der Waals surface area contributed by atoms with Crippen molar-refractivity contribution in [3.05, 3.63) is 35.4 Å². The van der Waals surface area contributed by atoms with E-state index in [0.29, 0.717) is 18.5 Å². The summed E-state index contributed by atoms with van der Waals surface area (Å²) in [6.07, 6.45) is 3.23. The fourth-order valence-electron chi connectivity index (χ4n) is 4.09. The smallest absolute Gasteiger partial charge is 0.324 e. The number of benzene rings is 1. The minimum Gasteiger partial charge on any atom is -0.329 e. The van der Waals surface area contributed by atoms with Crippen LogP contribution in [0.5, 0.6) is 0 Å². The zero-order valence-corrected chi connectivity index (χ0v) is 14.6. The fraction of sp³-hybridized carbons (Fsp3) is 0.579. The molecule has 1 unspecified atom stereocenters. The first kappa shape index (κ1) is 17.0. The first-order valence-corrected chi connectivity index (χ1v) is 9.12. The quantitative estimate of drug-likeness (QED) is 0.849. The molecule has 3 aliphatic rings. The van der Waals surface area contributed by atoms with Crippen LogP contribution in [0.1, 0.15) is 43.9 Å². The lowest BCUT2D eigenvalue weighted by Crippen LogP contribution is -2.44. The van der Waals surface area contributed by atoms with E-state index in [1.54, 1.807) is 0 Å². The molecule has 1 N–H and O–H groups in total. The molecule has 3 heterocycles. The number of imide groups is 1. The highest BCUT2D eigenvalue weighted by molar-refractivity contribution is 6.01. The van der Waals surface area contributed by atoms with Gasteiger partial charge in [-0.3, -0.25) is 14.6 Å². The van der Waals surface area contributed by atoms with Gasteiger partial charge in [0, 0.05) is 19.1 Å². The standard InChI is InChI=1S/C17H21N3O2.C2H6/c21-16-10-18-17(22)20(16)11-12-5-7-19-8-6-13-3-1-2-4-14(13)15(19)9-12;1-2/h1-4,12,15H,5-11H2,(H,18,22);1-2H3/t12-,15?;/m1./s1. The predicted octanol–water partition coefficient (Wildman–Crippen LogP) is 2.57. The molecule has 2 atom stereocenters. The number of carbonyl (C=O) groups is 2. The molecule has 5 nitrogen and oxygen atoms in total. The maximum absolute atomic E-state index is 11.8. The van der Waals surface area contributed by atoms with E-state index in [2.05, 4.69) is 34.5 Å². The highest BCUT2D eigenvalue weighted by atomic mass is 16.2. The molecule has 0 bridgehead atoms. The number of hydrogen-bond acceptors (Lipinski definition) is 3. The van der Waals surface area contributed by atoms with Gasteiger partial charge in [0.25, 0.3) is 0 Å². The third-order valence-corrected chi connectivity index (χ3v) is 5.28. The molecule has 2 fully saturated rings. The average Bonchev–Trinajstić information content (AvgIpc) is 2.95. The summed E-state index contributed by atoms with van der Waals surface area (Å²) in [5.41, 5.74) is 2.90. The van der Waals surface area contributed by atoms with Crippen molar-refractivity contribution in [2.75, 3.05) is 26.2 Å². The molecule has 130 valence electrons. The number of urea groups is 1. The molecule has 24 heavy (non-hydrogen) atoms. The number of piperidine rings is 1. The van der Waals surface area contributed by atoms with Crippen LogP contribution in [0.3, 0.4) is 0 Å². The molecule has 0 radical (unpaired) electrons. The summed E-state index contributed by atoms with van der Waals surface area (Å²) in [4.78, 5) is 27.5. The van der Waals surface area contributed by atoms with E-state index in [9.17, 15) is 9.59 Å². The number of amides is 3. The topological polar surface area (TPSA) is 52.7 Å². The third kappa shape index (κ3) is 3.18. The molecule has 0 aliphatic carbocycles. The Kier molecular flexibility index (Phi) is 5.19. The number of carbonyl (C=O) groups excluding carboxylic acids is 2. The average molecular weight is 329 g/mol. The lowest BCUT2D eigenvalue weighted by atomic mass is 9.82. The van der Waals surface area contributed by atoms with Crippen LogP contribution in [0.4, 0.5) is 4.79 Å². The zero-order chi connectivity index (χ0) is 17.1. The molecule has 3 aliphatic heterocycles. The van der Waals surface area contributed by atoms with Gasteiger partial charge < -0.3 is 5.32 Å². The van der Waals surface area contributed by atoms with Gasteiger partial charge in [-0.2, -0.15) is 0 Å². The Hall–Kier alpha value is -1.88. The summed E-state index contributed by atoms with van der Waals surface area (Å²) < 4.78 is 0. The number of nitrogens with zero attached hydrogens (tertiary/aromatic N) is 2. The van der Waals surface area contributed by atoms with Crippen molar-refractivity contribution in [1.82, 2.24) is 15.1 Å². The van der Waals surface area contributed by atoms with Gasteiger partial charge >= 0.3 is 6.03 Å². The predicted molar refractivity (Wildman–Crippen MR) is 93.6 cm³/mol. The van der Waals surface area contributed by atoms with E-state index >= 15 is 0 Å². The highest BCUT2D eigenvalue weighted by Gasteiger charge is 2.36. The Morgan fingerprint density at radius 3 is 2.71 bits per heavy atom. The van der Waals surface area contributed by atoms with E-state index < -0.39 is 0 Å². The van der Waals surface area contributed by atoms with Crippen molar-refractivity contribution in [2.24, 2.45) is 5.92 Å². The summed E-state index contributed by atoms with van der Waals surface area (Å²) in [7, 11) is 0.